The van der Waals surface area contributed by atoms with Gasteiger partial charge in [-0.1, -0.05) is 15.9 Å². The zero-order chi connectivity index (χ0) is 11.8. The lowest BCUT2D eigenvalue weighted by atomic mass is 10.2. The van der Waals surface area contributed by atoms with Crippen molar-refractivity contribution >= 4 is 26.8 Å². The second-order valence-electron chi connectivity index (χ2n) is 4.10. The predicted octanol–water partition coefficient (Wildman–Crippen LogP) is 3.41. The summed E-state index contributed by atoms with van der Waals surface area (Å²) in [6, 6.07) is 9.56. The fraction of sp³-hybridized carbons (Fsp3) is 0.231. The van der Waals surface area contributed by atoms with Gasteiger partial charge in [0.15, 0.2) is 0 Å². The first-order valence-electron chi connectivity index (χ1n) is 5.43. The number of hydrogen-bond donors (Lipinski definition) is 0. The lowest BCUT2D eigenvalue weighted by Gasteiger charge is -2.08. The number of rotatable bonds is 2. The van der Waals surface area contributed by atoms with E-state index in [0.29, 0.717) is 11.8 Å². The molecule has 0 amide bonds. The van der Waals surface area contributed by atoms with Crippen LogP contribution in [0.25, 0.3) is 10.9 Å². The van der Waals surface area contributed by atoms with Crippen molar-refractivity contribution in [3.05, 3.63) is 34.4 Å². The number of fused-ring (bicyclic) bond motifs is 1. The van der Waals surface area contributed by atoms with Crippen molar-refractivity contribution in [1.82, 2.24) is 4.98 Å². The Morgan fingerprint density at radius 3 is 2.88 bits per heavy atom. The molecule has 17 heavy (non-hydrogen) atoms. The van der Waals surface area contributed by atoms with E-state index < -0.39 is 0 Å². The maximum Gasteiger partial charge on any atom is 0.144 e. The van der Waals surface area contributed by atoms with Crippen molar-refractivity contribution in [3.8, 4) is 11.8 Å². The third kappa shape index (κ3) is 2.11. The number of benzene rings is 1. The summed E-state index contributed by atoms with van der Waals surface area (Å²) in [6.07, 6.45) is 2.51. The molecule has 1 aromatic heterocycles. The standard InChI is InChI=1S/C13H9BrN2O/c14-8-1-4-12-11(5-8)13(17-10-2-3-10)6-9(7-15)16-12/h1,4-6,10H,2-3H2. The monoisotopic (exact) mass is 288 g/mol. The first-order chi connectivity index (χ1) is 8.26. The van der Waals surface area contributed by atoms with Crippen LogP contribution in [0.4, 0.5) is 0 Å². The average Bonchev–Trinajstić information content (AvgIpc) is 3.13. The molecule has 1 heterocycles. The highest BCUT2D eigenvalue weighted by molar-refractivity contribution is 9.10. The van der Waals surface area contributed by atoms with Crippen molar-refractivity contribution in [1.29, 1.82) is 5.26 Å². The van der Waals surface area contributed by atoms with E-state index >= 15 is 0 Å². The maximum absolute atomic E-state index is 8.95. The number of halogens is 1. The quantitative estimate of drug-likeness (QED) is 0.851. The summed E-state index contributed by atoms with van der Waals surface area (Å²) < 4.78 is 6.81. The van der Waals surface area contributed by atoms with Crippen LogP contribution in [0.15, 0.2) is 28.7 Å². The van der Waals surface area contributed by atoms with Crippen LogP contribution in [-0.2, 0) is 0 Å². The van der Waals surface area contributed by atoms with E-state index in [1.807, 2.05) is 18.2 Å². The Bertz CT molecular complexity index is 629. The SMILES string of the molecule is N#Cc1cc(OC2CC2)c2cc(Br)ccc2n1. The van der Waals surface area contributed by atoms with E-state index in [2.05, 4.69) is 27.0 Å². The van der Waals surface area contributed by atoms with Crippen LogP contribution in [0.2, 0.25) is 0 Å². The molecule has 0 atom stereocenters. The van der Waals surface area contributed by atoms with Gasteiger partial charge in [-0.25, -0.2) is 4.98 Å². The minimum atomic E-state index is 0.311. The first-order valence-corrected chi connectivity index (χ1v) is 6.22. The van der Waals surface area contributed by atoms with E-state index in [9.17, 15) is 0 Å². The van der Waals surface area contributed by atoms with Gasteiger partial charge in [-0.2, -0.15) is 5.26 Å². The Morgan fingerprint density at radius 1 is 1.35 bits per heavy atom. The molecular formula is C13H9BrN2O. The van der Waals surface area contributed by atoms with E-state index in [1.54, 1.807) is 6.07 Å². The van der Waals surface area contributed by atoms with Crippen molar-refractivity contribution in [2.75, 3.05) is 0 Å². The molecule has 0 N–H and O–H groups in total. The van der Waals surface area contributed by atoms with E-state index in [1.165, 1.54) is 0 Å². The van der Waals surface area contributed by atoms with Gasteiger partial charge >= 0.3 is 0 Å². The van der Waals surface area contributed by atoms with Gasteiger partial charge in [0.2, 0.25) is 0 Å². The summed E-state index contributed by atoms with van der Waals surface area (Å²) >= 11 is 3.44. The zero-order valence-electron chi connectivity index (χ0n) is 8.98. The van der Waals surface area contributed by atoms with Crippen LogP contribution >= 0.6 is 15.9 Å². The van der Waals surface area contributed by atoms with Crippen LogP contribution < -0.4 is 4.74 Å². The van der Waals surface area contributed by atoms with Gasteiger partial charge in [0.05, 0.1) is 11.6 Å². The molecule has 0 radical (unpaired) electrons. The molecule has 84 valence electrons. The second kappa shape index (κ2) is 4.01. The van der Waals surface area contributed by atoms with Gasteiger partial charge < -0.3 is 4.74 Å². The second-order valence-corrected chi connectivity index (χ2v) is 5.01. The number of aromatic nitrogens is 1. The molecule has 1 aliphatic rings. The summed E-state index contributed by atoms with van der Waals surface area (Å²) in [7, 11) is 0. The van der Waals surface area contributed by atoms with Crippen molar-refractivity contribution < 1.29 is 4.74 Å². The number of ether oxygens (including phenoxy) is 1. The molecule has 0 aliphatic heterocycles. The zero-order valence-corrected chi connectivity index (χ0v) is 10.6. The molecule has 3 nitrogen and oxygen atoms in total. The highest BCUT2D eigenvalue weighted by Gasteiger charge is 2.24. The summed E-state index contributed by atoms with van der Waals surface area (Å²) in [5, 5.41) is 9.90. The van der Waals surface area contributed by atoms with Crippen LogP contribution in [0.3, 0.4) is 0 Å². The molecule has 0 bridgehead atoms. The molecule has 2 aromatic rings. The number of pyridine rings is 1. The number of nitriles is 1. The largest absolute Gasteiger partial charge is 0.490 e. The van der Waals surface area contributed by atoms with Gasteiger partial charge in [-0.3, -0.25) is 0 Å². The Hall–Kier alpha value is -1.60. The maximum atomic E-state index is 8.95. The third-order valence-corrected chi connectivity index (χ3v) is 3.16. The fourth-order valence-electron chi connectivity index (χ4n) is 1.69. The number of nitrogens with zero attached hydrogens (tertiary/aromatic N) is 2. The van der Waals surface area contributed by atoms with E-state index in [-0.39, 0.29) is 0 Å². The molecule has 3 rings (SSSR count). The van der Waals surface area contributed by atoms with Crippen LogP contribution in [0.5, 0.6) is 5.75 Å². The van der Waals surface area contributed by atoms with E-state index in [4.69, 9.17) is 10.00 Å². The molecule has 1 fully saturated rings. The average molecular weight is 289 g/mol. The van der Waals surface area contributed by atoms with Gasteiger partial charge in [0.1, 0.15) is 17.5 Å². The molecule has 1 aliphatic carbocycles. The minimum Gasteiger partial charge on any atom is -0.490 e. The Kier molecular flexibility index (Phi) is 2.49. The van der Waals surface area contributed by atoms with Gasteiger partial charge in [0.25, 0.3) is 0 Å². The van der Waals surface area contributed by atoms with E-state index in [0.717, 1.165) is 34.0 Å². The Morgan fingerprint density at radius 2 is 2.18 bits per heavy atom. The highest BCUT2D eigenvalue weighted by atomic mass is 79.9. The molecule has 0 spiro atoms. The topological polar surface area (TPSA) is 45.9 Å². The smallest absolute Gasteiger partial charge is 0.144 e. The molecule has 1 saturated carbocycles. The lowest BCUT2D eigenvalue weighted by molar-refractivity contribution is 0.306. The summed E-state index contributed by atoms with van der Waals surface area (Å²) in [5.74, 6) is 0.760. The van der Waals surface area contributed by atoms with Crippen LogP contribution in [-0.4, -0.2) is 11.1 Å². The summed E-state index contributed by atoms with van der Waals surface area (Å²) in [4.78, 5) is 4.26. The van der Waals surface area contributed by atoms with Gasteiger partial charge in [0, 0.05) is 15.9 Å². The third-order valence-electron chi connectivity index (χ3n) is 2.67. The summed E-state index contributed by atoms with van der Waals surface area (Å²) in [6.45, 7) is 0. The Labute approximate surface area is 107 Å². The minimum absolute atomic E-state index is 0.311. The Balaban J connectivity index is 2.20. The van der Waals surface area contributed by atoms with Gasteiger partial charge in [-0.15, -0.1) is 0 Å². The fourth-order valence-corrected chi connectivity index (χ4v) is 2.05. The lowest BCUT2D eigenvalue weighted by Crippen LogP contribution is -1.98. The van der Waals surface area contributed by atoms with Crippen LogP contribution in [0.1, 0.15) is 18.5 Å². The van der Waals surface area contributed by atoms with Crippen molar-refractivity contribution in [2.24, 2.45) is 0 Å². The van der Waals surface area contributed by atoms with Crippen LogP contribution in [0, 0.1) is 11.3 Å². The molecular weight excluding hydrogens is 280 g/mol. The molecule has 4 heteroatoms. The van der Waals surface area contributed by atoms with Crippen molar-refractivity contribution in [3.63, 3.8) is 0 Å². The van der Waals surface area contributed by atoms with Crippen molar-refractivity contribution in [2.45, 2.75) is 18.9 Å². The number of hydrogen-bond acceptors (Lipinski definition) is 3. The highest BCUT2D eigenvalue weighted by Crippen LogP contribution is 2.33. The summed E-state index contributed by atoms with van der Waals surface area (Å²) in [5.41, 5.74) is 1.19. The van der Waals surface area contributed by atoms with Gasteiger partial charge in [-0.05, 0) is 31.0 Å². The normalized spacial score (nSPS) is 14.6. The first kappa shape index (κ1) is 10.5. The molecule has 0 unspecified atom stereocenters. The molecule has 1 aromatic carbocycles. The molecule has 0 saturated heterocycles. The predicted molar refractivity (Wildman–Crippen MR) is 67.8 cm³/mol.